The number of rotatable bonds is 5. The van der Waals surface area contributed by atoms with Gasteiger partial charge in [0.2, 0.25) is 0 Å². The summed E-state index contributed by atoms with van der Waals surface area (Å²) in [6, 6.07) is 1.64. The van der Waals surface area contributed by atoms with E-state index in [9.17, 15) is 4.79 Å². The SMILES string of the molecule is CN(C)CCSc1cc(C(N)=O)c(N)cn1. The van der Waals surface area contributed by atoms with Crippen LogP contribution < -0.4 is 11.5 Å². The van der Waals surface area contributed by atoms with Crippen LogP contribution in [0, 0.1) is 0 Å². The molecule has 88 valence electrons. The summed E-state index contributed by atoms with van der Waals surface area (Å²) in [7, 11) is 4.01. The summed E-state index contributed by atoms with van der Waals surface area (Å²) >= 11 is 1.57. The second-order valence-corrected chi connectivity index (χ2v) is 4.74. The fourth-order valence-corrected chi connectivity index (χ4v) is 2.07. The Morgan fingerprint density at radius 2 is 2.25 bits per heavy atom. The molecule has 1 rings (SSSR count). The van der Waals surface area contributed by atoms with Crippen molar-refractivity contribution in [2.75, 3.05) is 32.1 Å². The fraction of sp³-hybridized carbons (Fsp3) is 0.400. The quantitative estimate of drug-likeness (QED) is 0.728. The minimum absolute atomic E-state index is 0.324. The number of nitrogen functional groups attached to an aromatic ring is 1. The molecule has 1 amide bonds. The number of hydrogen-bond acceptors (Lipinski definition) is 5. The van der Waals surface area contributed by atoms with Crippen LogP contribution in [0.4, 0.5) is 5.69 Å². The second kappa shape index (κ2) is 5.72. The molecule has 0 saturated heterocycles. The van der Waals surface area contributed by atoms with Crippen molar-refractivity contribution in [2.24, 2.45) is 5.73 Å². The summed E-state index contributed by atoms with van der Waals surface area (Å²) in [6.07, 6.45) is 1.47. The summed E-state index contributed by atoms with van der Waals surface area (Å²) in [5.74, 6) is 0.386. The molecular weight excluding hydrogens is 224 g/mol. The highest BCUT2D eigenvalue weighted by molar-refractivity contribution is 7.99. The number of thioether (sulfide) groups is 1. The molecule has 0 aromatic carbocycles. The van der Waals surface area contributed by atoms with Crippen LogP contribution in [0.1, 0.15) is 10.4 Å². The van der Waals surface area contributed by atoms with Gasteiger partial charge in [0.1, 0.15) is 0 Å². The van der Waals surface area contributed by atoms with Gasteiger partial charge in [-0.25, -0.2) is 4.98 Å². The van der Waals surface area contributed by atoms with Gasteiger partial charge in [-0.15, -0.1) is 11.8 Å². The lowest BCUT2D eigenvalue weighted by Crippen LogP contribution is -2.15. The number of amides is 1. The van der Waals surface area contributed by atoms with Gasteiger partial charge in [-0.1, -0.05) is 0 Å². The Labute approximate surface area is 99.2 Å². The molecule has 4 N–H and O–H groups in total. The molecule has 0 aliphatic heterocycles. The van der Waals surface area contributed by atoms with Gasteiger partial charge in [-0.3, -0.25) is 4.79 Å². The van der Waals surface area contributed by atoms with Crippen molar-refractivity contribution >= 4 is 23.4 Å². The van der Waals surface area contributed by atoms with Crippen LogP contribution >= 0.6 is 11.8 Å². The van der Waals surface area contributed by atoms with Crippen LogP contribution in [0.2, 0.25) is 0 Å². The summed E-state index contributed by atoms with van der Waals surface area (Å²) < 4.78 is 0. The lowest BCUT2D eigenvalue weighted by molar-refractivity contribution is 0.100. The van der Waals surface area contributed by atoms with E-state index in [0.29, 0.717) is 11.3 Å². The standard InChI is InChI=1S/C10H16N4OS/c1-14(2)3-4-16-9-5-7(10(12)15)8(11)6-13-9/h5-6H,3-4,11H2,1-2H3,(H2,12,15). The Morgan fingerprint density at radius 1 is 1.56 bits per heavy atom. The number of pyridine rings is 1. The first kappa shape index (κ1) is 12.8. The summed E-state index contributed by atoms with van der Waals surface area (Å²) in [4.78, 5) is 17.3. The van der Waals surface area contributed by atoms with E-state index >= 15 is 0 Å². The van der Waals surface area contributed by atoms with Crippen LogP contribution in [0.25, 0.3) is 0 Å². The third kappa shape index (κ3) is 3.71. The first-order chi connectivity index (χ1) is 7.50. The Kier molecular flexibility index (Phi) is 4.57. The molecule has 6 heteroatoms. The minimum atomic E-state index is -0.519. The lowest BCUT2D eigenvalue weighted by Gasteiger charge is -2.09. The first-order valence-corrected chi connectivity index (χ1v) is 5.82. The molecule has 0 saturated carbocycles. The molecule has 5 nitrogen and oxygen atoms in total. The molecule has 0 aliphatic carbocycles. The third-order valence-electron chi connectivity index (χ3n) is 1.96. The Hall–Kier alpha value is -1.27. The number of primary amides is 1. The monoisotopic (exact) mass is 240 g/mol. The fourth-order valence-electron chi connectivity index (χ4n) is 1.07. The Balaban J connectivity index is 2.68. The summed E-state index contributed by atoms with van der Waals surface area (Å²) in [6.45, 7) is 0.947. The van der Waals surface area contributed by atoms with Crippen molar-refractivity contribution in [3.8, 4) is 0 Å². The zero-order valence-electron chi connectivity index (χ0n) is 9.43. The van der Waals surface area contributed by atoms with Crippen molar-refractivity contribution in [1.29, 1.82) is 0 Å². The van der Waals surface area contributed by atoms with Gasteiger partial charge in [0.05, 0.1) is 22.5 Å². The number of nitrogens with zero attached hydrogens (tertiary/aromatic N) is 2. The van der Waals surface area contributed by atoms with Crippen molar-refractivity contribution in [3.63, 3.8) is 0 Å². The highest BCUT2D eigenvalue weighted by Crippen LogP contribution is 2.19. The van der Waals surface area contributed by atoms with Gasteiger partial charge in [-0.2, -0.15) is 0 Å². The highest BCUT2D eigenvalue weighted by Gasteiger charge is 2.08. The number of hydrogen-bond donors (Lipinski definition) is 2. The largest absolute Gasteiger partial charge is 0.397 e. The van der Waals surface area contributed by atoms with E-state index in [-0.39, 0.29) is 0 Å². The molecule has 0 bridgehead atoms. The van der Waals surface area contributed by atoms with Crippen molar-refractivity contribution < 1.29 is 4.79 Å². The molecule has 1 aromatic rings. The molecule has 1 aromatic heterocycles. The van der Waals surface area contributed by atoms with Gasteiger partial charge < -0.3 is 16.4 Å². The number of carbonyl (C=O) groups excluding carboxylic acids is 1. The molecule has 0 fully saturated rings. The van der Waals surface area contributed by atoms with Crippen LogP contribution in [0.15, 0.2) is 17.3 Å². The van der Waals surface area contributed by atoms with E-state index < -0.39 is 5.91 Å². The maximum absolute atomic E-state index is 11.1. The van der Waals surface area contributed by atoms with E-state index in [1.165, 1.54) is 6.20 Å². The highest BCUT2D eigenvalue weighted by atomic mass is 32.2. The average molecular weight is 240 g/mol. The van der Waals surface area contributed by atoms with E-state index in [1.54, 1.807) is 17.8 Å². The van der Waals surface area contributed by atoms with E-state index in [1.807, 2.05) is 14.1 Å². The van der Waals surface area contributed by atoms with Crippen molar-refractivity contribution in [3.05, 3.63) is 17.8 Å². The maximum atomic E-state index is 11.1. The van der Waals surface area contributed by atoms with Crippen LogP contribution in [0.3, 0.4) is 0 Å². The number of aromatic nitrogens is 1. The molecular formula is C10H16N4OS. The summed E-state index contributed by atoms with van der Waals surface area (Å²) in [5.41, 5.74) is 11.4. The van der Waals surface area contributed by atoms with Crippen molar-refractivity contribution in [1.82, 2.24) is 9.88 Å². The predicted molar refractivity (Wildman–Crippen MR) is 66.4 cm³/mol. The Morgan fingerprint density at radius 3 is 2.81 bits per heavy atom. The lowest BCUT2D eigenvalue weighted by atomic mass is 10.2. The molecule has 0 aliphatic rings. The van der Waals surface area contributed by atoms with Gasteiger partial charge in [0.25, 0.3) is 5.91 Å². The van der Waals surface area contributed by atoms with Gasteiger partial charge >= 0.3 is 0 Å². The van der Waals surface area contributed by atoms with Crippen molar-refractivity contribution in [2.45, 2.75) is 5.03 Å². The minimum Gasteiger partial charge on any atom is -0.397 e. The number of anilines is 1. The van der Waals surface area contributed by atoms with Gasteiger partial charge in [0, 0.05) is 12.3 Å². The maximum Gasteiger partial charge on any atom is 0.250 e. The molecule has 0 unspecified atom stereocenters. The smallest absolute Gasteiger partial charge is 0.250 e. The normalized spacial score (nSPS) is 10.7. The zero-order chi connectivity index (χ0) is 12.1. The number of carbonyl (C=O) groups is 1. The average Bonchev–Trinajstić information content (AvgIpc) is 2.19. The van der Waals surface area contributed by atoms with E-state index in [4.69, 9.17) is 11.5 Å². The number of nitrogens with two attached hydrogens (primary N) is 2. The van der Waals surface area contributed by atoms with Gasteiger partial charge in [0.15, 0.2) is 0 Å². The zero-order valence-corrected chi connectivity index (χ0v) is 10.3. The Bertz CT molecular complexity index is 381. The summed E-state index contributed by atoms with van der Waals surface area (Å²) in [5, 5.41) is 0.768. The van der Waals surface area contributed by atoms with Gasteiger partial charge in [-0.05, 0) is 20.2 Å². The first-order valence-electron chi connectivity index (χ1n) is 4.83. The van der Waals surface area contributed by atoms with E-state index in [2.05, 4.69) is 9.88 Å². The van der Waals surface area contributed by atoms with Crippen LogP contribution in [-0.4, -0.2) is 42.2 Å². The van der Waals surface area contributed by atoms with E-state index in [0.717, 1.165) is 17.3 Å². The molecule has 16 heavy (non-hydrogen) atoms. The second-order valence-electron chi connectivity index (χ2n) is 3.63. The third-order valence-corrected chi connectivity index (χ3v) is 2.87. The van der Waals surface area contributed by atoms with Crippen LogP contribution in [0.5, 0.6) is 0 Å². The topological polar surface area (TPSA) is 85.2 Å². The molecule has 0 radical (unpaired) electrons. The molecule has 0 atom stereocenters. The van der Waals surface area contributed by atoms with Crippen LogP contribution in [-0.2, 0) is 0 Å². The predicted octanol–water partition coefficient (Wildman–Crippen LogP) is 0.416. The molecule has 1 heterocycles. The molecule has 0 spiro atoms.